The normalized spacial score (nSPS) is 18.0. The smallest absolute Gasteiger partial charge is 0.380 e. The Hall–Kier alpha value is -2.61. The third-order valence-corrected chi connectivity index (χ3v) is 4.77. The van der Waals surface area contributed by atoms with Crippen molar-refractivity contribution in [1.29, 1.82) is 0 Å². The molecule has 5 nitrogen and oxygen atoms in total. The molecule has 1 unspecified atom stereocenters. The van der Waals surface area contributed by atoms with Crippen molar-refractivity contribution < 1.29 is 17.9 Å². The molecule has 136 valence electrons. The maximum Gasteiger partial charge on any atom is 0.433 e. The first kappa shape index (κ1) is 16.8. The number of anilines is 1. The maximum absolute atomic E-state index is 13.2. The third-order valence-electron chi connectivity index (χ3n) is 4.77. The minimum absolute atomic E-state index is 0.0328. The van der Waals surface area contributed by atoms with Crippen LogP contribution in [-0.2, 0) is 10.9 Å². The number of benzene rings is 1. The molecule has 0 radical (unpaired) electrons. The zero-order valence-electron chi connectivity index (χ0n) is 14.0. The Kier molecular flexibility index (Phi) is 4.07. The van der Waals surface area contributed by atoms with E-state index in [1.807, 2.05) is 6.07 Å². The fraction of sp³-hybridized carbons (Fsp3) is 0.333. The van der Waals surface area contributed by atoms with Gasteiger partial charge in [0.05, 0.1) is 17.8 Å². The molecule has 3 aromatic rings. The lowest BCUT2D eigenvalue weighted by molar-refractivity contribution is -0.140. The second kappa shape index (κ2) is 6.28. The Morgan fingerprint density at radius 2 is 2.12 bits per heavy atom. The van der Waals surface area contributed by atoms with Gasteiger partial charge in [-0.25, -0.2) is 0 Å². The molecule has 1 aromatic carbocycles. The third kappa shape index (κ3) is 2.90. The second-order valence-electron chi connectivity index (χ2n) is 6.31. The van der Waals surface area contributed by atoms with Crippen molar-refractivity contribution in [3.8, 4) is 11.1 Å². The van der Waals surface area contributed by atoms with Gasteiger partial charge in [0.1, 0.15) is 5.69 Å². The molecule has 1 aliphatic rings. The first-order valence-corrected chi connectivity index (χ1v) is 8.25. The molecular weight excluding hydrogens is 345 g/mol. The first-order valence-electron chi connectivity index (χ1n) is 8.25. The Balaban J connectivity index is 1.80. The summed E-state index contributed by atoms with van der Waals surface area (Å²) in [6.07, 6.45) is -0.487. The number of halogens is 3. The molecule has 0 saturated carbocycles. The molecule has 3 heterocycles. The summed E-state index contributed by atoms with van der Waals surface area (Å²) in [5.41, 5.74) is 1.33. The van der Waals surface area contributed by atoms with Gasteiger partial charge in [-0.1, -0.05) is 6.07 Å². The number of H-pyrrole nitrogens is 1. The molecule has 8 heteroatoms. The minimum atomic E-state index is -4.49. The first-order chi connectivity index (χ1) is 12.5. The topological polar surface area (TPSA) is 54.0 Å². The van der Waals surface area contributed by atoms with Crippen LogP contribution in [0.2, 0.25) is 0 Å². The summed E-state index contributed by atoms with van der Waals surface area (Å²) in [6, 6.07) is 7.02. The Morgan fingerprint density at radius 1 is 1.27 bits per heavy atom. The molecule has 4 rings (SSSR count). The van der Waals surface area contributed by atoms with Crippen molar-refractivity contribution in [2.75, 3.05) is 25.1 Å². The number of nitrogens with zero attached hydrogens (tertiary/aromatic N) is 3. The largest absolute Gasteiger partial charge is 0.433 e. The predicted molar refractivity (Wildman–Crippen MR) is 92.0 cm³/mol. The predicted octanol–water partition coefficient (Wildman–Crippen LogP) is 3.87. The van der Waals surface area contributed by atoms with Gasteiger partial charge < -0.3 is 9.64 Å². The molecule has 1 fully saturated rings. The van der Waals surface area contributed by atoms with Crippen LogP contribution in [0.4, 0.5) is 18.9 Å². The maximum atomic E-state index is 13.2. The van der Waals surface area contributed by atoms with Crippen molar-refractivity contribution in [3.05, 3.63) is 42.4 Å². The fourth-order valence-electron chi connectivity index (χ4n) is 3.44. The van der Waals surface area contributed by atoms with Crippen LogP contribution >= 0.6 is 0 Å². The van der Waals surface area contributed by atoms with Crippen LogP contribution in [0.25, 0.3) is 22.0 Å². The van der Waals surface area contributed by atoms with E-state index >= 15 is 0 Å². The van der Waals surface area contributed by atoms with Crippen LogP contribution in [-0.4, -0.2) is 41.5 Å². The summed E-state index contributed by atoms with van der Waals surface area (Å²) < 4.78 is 45.0. The standard InChI is InChI=1S/C18H17F3N4O/c1-26-12-5-7-25(10-12)16-4-6-22-15-3-2-11(8-13(15)16)14-9-23-24-17(14)18(19,20)21/h2-4,6,8-9,12H,5,7,10H2,1H3,(H,23,24). The molecule has 26 heavy (non-hydrogen) atoms. The number of aromatic nitrogens is 3. The van der Waals surface area contributed by atoms with E-state index in [0.717, 1.165) is 36.1 Å². The number of fused-ring (bicyclic) bond motifs is 1. The Morgan fingerprint density at radius 3 is 2.85 bits per heavy atom. The lowest BCUT2D eigenvalue weighted by Gasteiger charge is -2.20. The zero-order chi connectivity index (χ0) is 18.3. The zero-order valence-corrected chi connectivity index (χ0v) is 14.0. The average Bonchev–Trinajstić information content (AvgIpc) is 3.29. The van der Waals surface area contributed by atoms with E-state index < -0.39 is 11.9 Å². The number of hydrogen-bond acceptors (Lipinski definition) is 4. The number of methoxy groups -OCH3 is 1. The summed E-state index contributed by atoms with van der Waals surface area (Å²) >= 11 is 0. The Labute approximate surface area is 147 Å². The quantitative estimate of drug-likeness (QED) is 0.769. The van der Waals surface area contributed by atoms with Crippen LogP contribution in [0, 0.1) is 0 Å². The minimum Gasteiger partial charge on any atom is -0.380 e. The monoisotopic (exact) mass is 362 g/mol. The summed E-state index contributed by atoms with van der Waals surface area (Å²) in [5, 5.41) is 6.45. The van der Waals surface area contributed by atoms with E-state index in [4.69, 9.17) is 4.74 Å². The highest BCUT2D eigenvalue weighted by Crippen LogP contribution is 2.37. The number of ether oxygens (including phenoxy) is 1. The second-order valence-corrected chi connectivity index (χ2v) is 6.31. The number of rotatable bonds is 3. The van der Waals surface area contributed by atoms with Gasteiger partial charge in [0.2, 0.25) is 0 Å². The molecule has 1 saturated heterocycles. The van der Waals surface area contributed by atoms with Crippen molar-refractivity contribution >= 4 is 16.6 Å². The van der Waals surface area contributed by atoms with Crippen molar-refractivity contribution in [1.82, 2.24) is 15.2 Å². The van der Waals surface area contributed by atoms with E-state index in [9.17, 15) is 13.2 Å². The van der Waals surface area contributed by atoms with Gasteiger partial charge in [-0.3, -0.25) is 10.1 Å². The molecular formula is C18H17F3N4O. The molecule has 1 N–H and O–H groups in total. The SMILES string of the molecule is COC1CCN(c2ccnc3ccc(-c4cn[nH]c4C(F)(F)F)cc23)C1. The number of hydrogen-bond donors (Lipinski definition) is 1. The fourth-order valence-corrected chi connectivity index (χ4v) is 3.44. The molecule has 2 aromatic heterocycles. The number of alkyl halides is 3. The van der Waals surface area contributed by atoms with Crippen molar-refractivity contribution in [2.45, 2.75) is 18.7 Å². The summed E-state index contributed by atoms with van der Waals surface area (Å²) in [7, 11) is 1.69. The Bertz CT molecular complexity index is 938. The lowest BCUT2D eigenvalue weighted by atomic mass is 10.0. The van der Waals surface area contributed by atoms with E-state index in [-0.39, 0.29) is 11.7 Å². The van der Waals surface area contributed by atoms with E-state index in [1.165, 1.54) is 6.20 Å². The van der Waals surface area contributed by atoms with Crippen LogP contribution in [0.5, 0.6) is 0 Å². The molecule has 1 atom stereocenters. The lowest BCUT2D eigenvalue weighted by Crippen LogP contribution is -2.22. The van der Waals surface area contributed by atoms with Gasteiger partial charge in [-0.2, -0.15) is 18.3 Å². The number of pyridine rings is 1. The van der Waals surface area contributed by atoms with Crippen LogP contribution in [0.3, 0.4) is 0 Å². The molecule has 0 amide bonds. The van der Waals surface area contributed by atoms with E-state index in [2.05, 4.69) is 20.1 Å². The van der Waals surface area contributed by atoms with Gasteiger partial charge in [-0.05, 0) is 30.2 Å². The number of nitrogens with one attached hydrogen (secondary N) is 1. The van der Waals surface area contributed by atoms with Crippen molar-refractivity contribution in [3.63, 3.8) is 0 Å². The summed E-state index contributed by atoms with van der Waals surface area (Å²) in [4.78, 5) is 6.53. The van der Waals surface area contributed by atoms with Crippen LogP contribution in [0.15, 0.2) is 36.7 Å². The van der Waals surface area contributed by atoms with E-state index in [1.54, 1.807) is 31.5 Å². The molecule has 0 spiro atoms. The van der Waals surface area contributed by atoms with Gasteiger partial charge in [0.15, 0.2) is 0 Å². The highest BCUT2D eigenvalue weighted by Gasteiger charge is 2.36. The highest BCUT2D eigenvalue weighted by atomic mass is 19.4. The molecule has 0 bridgehead atoms. The average molecular weight is 362 g/mol. The van der Waals surface area contributed by atoms with Gasteiger partial charge >= 0.3 is 6.18 Å². The summed E-state index contributed by atoms with van der Waals surface area (Å²) in [5.74, 6) is 0. The van der Waals surface area contributed by atoms with Gasteiger partial charge in [0.25, 0.3) is 0 Å². The van der Waals surface area contributed by atoms with Crippen molar-refractivity contribution in [2.24, 2.45) is 0 Å². The van der Waals surface area contributed by atoms with Crippen LogP contribution < -0.4 is 4.90 Å². The number of aromatic amines is 1. The van der Waals surface area contributed by atoms with Gasteiger partial charge in [-0.15, -0.1) is 0 Å². The molecule has 1 aliphatic heterocycles. The van der Waals surface area contributed by atoms with Gasteiger partial charge in [0, 0.05) is 43.0 Å². The molecule has 0 aliphatic carbocycles. The summed E-state index contributed by atoms with van der Waals surface area (Å²) in [6.45, 7) is 1.58. The van der Waals surface area contributed by atoms with Crippen LogP contribution in [0.1, 0.15) is 12.1 Å². The van der Waals surface area contributed by atoms with E-state index in [0.29, 0.717) is 5.56 Å². The highest BCUT2D eigenvalue weighted by molar-refractivity contribution is 5.95.